The SMILES string of the molecule is CN=C(NCCCOCC1CC1)NCc1ccccc1-c1ccc(Cn2cncn2)cc1.I. The summed E-state index contributed by atoms with van der Waals surface area (Å²) in [5.41, 5.74) is 4.84. The zero-order valence-electron chi connectivity index (χ0n) is 19.1. The Morgan fingerprint density at radius 2 is 1.94 bits per heavy atom. The molecule has 0 aliphatic heterocycles. The van der Waals surface area contributed by atoms with E-state index in [1.165, 1.54) is 35.1 Å². The molecule has 0 atom stereocenters. The molecular formula is C25H33IN6O. The lowest BCUT2D eigenvalue weighted by molar-refractivity contribution is 0.123. The van der Waals surface area contributed by atoms with Crippen LogP contribution in [0.1, 0.15) is 30.4 Å². The van der Waals surface area contributed by atoms with Gasteiger partial charge in [-0.15, -0.1) is 24.0 Å². The molecule has 2 aromatic carbocycles. The Morgan fingerprint density at radius 1 is 1.12 bits per heavy atom. The number of nitrogens with zero attached hydrogens (tertiary/aromatic N) is 4. The Balaban J connectivity index is 0.00000306. The monoisotopic (exact) mass is 560 g/mol. The molecule has 0 spiro atoms. The van der Waals surface area contributed by atoms with E-state index < -0.39 is 0 Å². The summed E-state index contributed by atoms with van der Waals surface area (Å²) in [5, 5.41) is 11.0. The molecule has 2 N–H and O–H groups in total. The lowest BCUT2D eigenvalue weighted by Gasteiger charge is -2.15. The van der Waals surface area contributed by atoms with Gasteiger partial charge in [-0.2, -0.15) is 5.10 Å². The fourth-order valence-electron chi connectivity index (χ4n) is 3.56. The third kappa shape index (κ3) is 8.12. The Hall–Kier alpha value is -2.46. The number of aliphatic imine (C=N–C) groups is 1. The molecule has 1 saturated carbocycles. The van der Waals surface area contributed by atoms with Crippen molar-refractivity contribution in [2.24, 2.45) is 10.9 Å². The number of halogens is 1. The first-order valence-electron chi connectivity index (χ1n) is 11.3. The van der Waals surface area contributed by atoms with Crippen LogP contribution in [-0.4, -0.2) is 47.5 Å². The number of nitrogens with one attached hydrogen (secondary N) is 2. The summed E-state index contributed by atoms with van der Waals surface area (Å²) in [4.78, 5) is 8.35. The van der Waals surface area contributed by atoms with Crippen molar-refractivity contribution in [2.75, 3.05) is 26.8 Å². The molecule has 1 aromatic heterocycles. The van der Waals surface area contributed by atoms with Gasteiger partial charge in [-0.1, -0.05) is 48.5 Å². The number of rotatable bonds is 11. The van der Waals surface area contributed by atoms with E-state index in [2.05, 4.69) is 74.2 Å². The minimum Gasteiger partial charge on any atom is -0.381 e. The molecule has 0 bridgehead atoms. The molecule has 0 unspecified atom stereocenters. The van der Waals surface area contributed by atoms with Crippen LogP contribution in [0, 0.1) is 5.92 Å². The Kier molecular flexibility index (Phi) is 10.1. The highest BCUT2D eigenvalue weighted by Gasteiger charge is 2.20. The molecule has 0 amide bonds. The second-order valence-corrected chi connectivity index (χ2v) is 8.17. The van der Waals surface area contributed by atoms with Crippen LogP contribution in [0.3, 0.4) is 0 Å². The van der Waals surface area contributed by atoms with Crippen LogP contribution in [0.25, 0.3) is 11.1 Å². The molecule has 1 aliphatic carbocycles. The van der Waals surface area contributed by atoms with Gasteiger partial charge in [0.25, 0.3) is 0 Å². The largest absolute Gasteiger partial charge is 0.381 e. The quantitative estimate of drug-likeness (QED) is 0.160. The Bertz CT molecular complexity index is 986. The number of ether oxygens (including phenoxy) is 1. The zero-order chi connectivity index (χ0) is 22.0. The Labute approximate surface area is 213 Å². The highest BCUT2D eigenvalue weighted by molar-refractivity contribution is 14.0. The molecular weight excluding hydrogens is 527 g/mol. The van der Waals surface area contributed by atoms with Gasteiger partial charge < -0.3 is 15.4 Å². The fourth-order valence-corrected chi connectivity index (χ4v) is 3.56. The molecule has 1 fully saturated rings. The molecule has 0 saturated heterocycles. The van der Waals surface area contributed by atoms with Crippen LogP contribution in [0.5, 0.6) is 0 Å². The normalized spacial score (nSPS) is 13.4. The molecule has 8 heteroatoms. The van der Waals surface area contributed by atoms with Gasteiger partial charge in [0, 0.05) is 33.4 Å². The predicted octanol–water partition coefficient (Wildman–Crippen LogP) is 4.09. The van der Waals surface area contributed by atoms with Gasteiger partial charge in [-0.05, 0) is 47.4 Å². The van der Waals surface area contributed by atoms with E-state index in [9.17, 15) is 0 Å². The summed E-state index contributed by atoms with van der Waals surface area (Å²) in [6, 6.07) is 17.1. The van der Waals surface area contributed by atoms with Crippen LogP contribution in [-0.2, 0) is 17.8 Å². The van der Waals surface area contributed by atoms with Crippen molar-refractivity contribution in [3.8, 4) is 11.1 Å². The van der Waals surface area contributed by atoms with E-state index in [-0.39, 0.29) is 24.0 Å². The number of aromatic nitrogens is 3. The van der Waals surface area contributed by atoms with Crippen LogP contribution in [0.4, 0.5) is 0 Å². The highest BCUT2D eigenvalue weighted by Crippen LogP contribution is 2.28. The van der Waals surface area contributed by atoms with Crippen molar-refractivity contribution < 1.29 is 4.74 Å². The van der Waals surface area contributed by atoms with Gasteiger partial charge in [0.2, 0.25) is 0 Å². The summed E-state index contributed by atoms with van der Waals surface area (Å²) in [6.07, 6.45) is 6.94. The van der Waals surface area contributed by atoms with E-state index in [1.54, 1.807) is 19.7 Å². The number of benzene rings is 2. The van der Waals surface area contributed by atoms with Crippen molar-refractivity contribution in [3.05, 3.63) is 72.3 Å². The summed E-state index contributed by atoms with van der Waals surface area (Å²) < 4.78 is 7.52. The number of guanidine groups is 1. The van der Waals surface area contributed by atoms with Crippen LogP contribution in [0.15, 0.2) is 66.2 Å². The standard InChI is InChI=1S/C25H32N6O.HI/c1-26-25(28-13-4-14-32-17-21-7-8-21)29-15-23-5-2-3-6-24(23)22-11-9-20(10-12-22)16-31-19-27-18-30-31;/h2-3,5-6,9-12,18-19,21H,4,7-8,13-17H2,1H3,(H2,26,28,29);1H. The highest BCUT2D eigenvalue weighted by atomic mass is 127. The van der Waals surface area contributed by atoms with Crippen LogP contribution in [0.2, 0.25) is 0 Å². The minimum atomic E-state index is 0. The smallest absolute Gasteiger partial charge is 0.191 e. The average molecular weight is 560 g/mol. The van der Waals surface area contributed by atoms with Crippen molar-refractivity contribution in [2.45, 2.75) is 32.4 Å². The third-order valence-electron chi connectivity index (χ3n) is 5.57. The maximum Gasteiger partial charge on any atom is 0.191 e. The van der Waals surface area contributed by atoms with Gasteiger partial charge in [-0.25, -0.2) is 9.67 Å². The van der Waals surface area contributed by atoms with Crippen LogP contribution < -0.4 is 10.6 Å². The topological polar surface area (TPSA) is 76.4 Å². The van der Waals surface area contributed by atoms with Crippen molar-refractivity contribution >= 4 is 29.9 Å². The van der Waals surface area contributed by atoms with Gasteiger partial charge in [0.15, 0.2) is 5.96 Å². The molecule has 3 aromatic rings. The van der Waals surface area contributed by atoms with Gasteiger partial charge in [-0.3, -0.25) is 4.99 Å². The predicted molar refractivity (Wildman–Crippen MR) is 143 cm³/mol. The van der Waals surface area contributed by atoms with Crippen molar-refractivity contribution in [3.63, 3.8) is 0 Å². The van der Waals surface area contributed by atoms with Crippen molar-refractivity contribution in [1.29, 1.82) is 0 Å². The van der Waals surface area contributed by atoms with E-state index in [0.717, 1.165) is 44.6 Å². The molecule has 1 aliphatic rings. The lowest BCUT2D eigenvalue weighted by atomic mass is 9.98. The van der Waals surface area contributed by atoms with Gasteiger partial charge in [0.1, 0.15) is 12.7 Å². The first kappa shape index (κ1) is 25.2. The van der Waals surface area contributed by atoms with Crippen molar-refractivity contribution in [1.82, 2.24) is 25.4 Å². The second-order valence-electron chi connectivity index (χ2n) is 8.17. The average Bonchev–Trinajstić information content (AvgIpc) is 3.52. The van der Waals surface area contributed by atoms with E-state index in [0.29, 0.717) is 6.54 Å². The van der Waals surface area contributed by atoms with E-state index in [1.807, 2.05) is 4.68 Å². The molecule has 33 heavy (non-hydrogen) atoms. The lowest BCUT2D eigenvalue weighted by Crippen LogP contribution is -2.37. The van der Waals surface area contributed by atoms with E-state index >= 15 is 0 Å². The first-order chi connectivity index (χ1) is 15.8. The fraction of sp³-hybridized carbons (Fsp3) is 0.400. The summed E-state index contributed by atoms with van der Waals surface area (Å²) in [7, 11) is 1.80. The van der Waals surface area contributed by atoms with Gasteiger partial charge in [0.05, 0.1) is 6.54 Å². The third-order valence-corrected chi connectivity index (χ3v) is 5.57. The number of hydrogen-bond donors (Lipinski definition) is 2. The summed E-state index contributed by atoms with van der Waals surface area (Å²) in [6.45, 7) is 3.99. The summed E-state index contributed by atoms with van der Waals surface area (Å²) >= 11 is 0. The zero-order valence-corrected chi connectivity index (χ0v) is 21.4. The maximum absolute atomic E-state index is 5.70. The Morgan fingerprint density at radius 3 is 2.67 bits per heavy atom. The van der Waals surface area contributed by atoms with E-state index in [4.69, 9.17) is 4.74 Å². The van der Waals surface area contributed by atoms with Crippen LogP contribution >= 0.6 is 24.0 Å². The molecule has 0 radical (unpaired) electrons. The molecule has 4 rings (SSSR count). The summed E-state index contributed by atoms with van der Waals surface area (Å²) in [5.74, 6) is 1.63. The number of hydrogen-bond acceptors (Lipinski definition) is 4. The second kappa shape index (κ2) is 13.3. The molecule has 1 heterocycles. The van der Waals surface area contributed by atoms with Gasteiger partial charge >= 0.3 is 0 Å². The first-order valence-corrected chi connectivity index (χ1v) is 11.3. The minimum absolute atomic E-state index is 0. The molecule has 176 valence electrons. The molecule has 7 nitrogen and oxygen atoms in total. The maximum atomic E-state index is 5.70.